The number of carbonyl (C=O) groups excluding carboxylic acids is 3. The van der Waals surface area contributed by atoms with E-state index in [0.29, 0.717) is 0 Å². The Morgan fingerprint density at radius 1 is 1.11 bits per heavy atom. The molecule has 0 N–H and O–H groups in total. The van der Waals surface area contributed by atoms with Crippen molar-refractivity contribution in [3.8, 4) is 0 Å². The molecule has 1 rings (SSSR count). The lowest BCUT2D eigenvalue weighted by Gasteiger charge is -2.29. The second kappa shape index (κ2) is 6.04. The van der Waals surface area contributed by atoms with E-state index in [4.69, 9.17) is 14.2 Å². The third kappa shape index (κ3) is 2.99. The maximum absolute atomic E-state index is 11.6. The van der Waals surface area contributed by atoms with E-state index in [1.807, 2.05) is 0 Å². The number of ether oxygens (including phenoxy) is 4. The van der Waals surface area contributed by atoms with E-state index in [1.165, 1.54) is 0 Å². The molecule has 0 bridgehead atoms. The summed E-state index contributed by atoms with van der Waals surface area (Å²) in [5, 5.41) is 0. The summed E-state index contributed by atoms with van der Waals surface area (Å²) in [6, 6.07) is 0. The highest BCUT2D eigenvalue weighted by Gasteiger charge is 2.46. The molecule has 0 saturated carbocycles. The van der Waals surface area contributed by atoms with Gasteiger partial charge in [-0.2, -0.15) is 0 Å². The first-order valence-corrected chi connectivity index (χ1v) is 5.41. The van der Waals surface area contributed by atoms with Crippen LogP contribution in [0.3, 0.4) is 0 Å². The van der Waals surface area contributed by atoms with Crippen molar-refractivity contribution in [2.75, 3.05) is 13.2 Å². The molecular weight excluding hydrogens is 244 g/mol. The Bertz CT molecular complexity index is 338. The first-order chi connectivity index (χ1) is 8.51. The van der Waals surface area contributed by atoms with Crippen molar-refractivity contribution >= 4 is 17.9 Å². The van der Waals surface area contributed by atoms with Gasteiger partial charge in [0.05, 0.1) is 13.2 Å². The maximum atomic E-state index is 11.6. The van der Waals surface area contributed by atoms with Gasteiger partial charge >= 0.3 is 17.9 Å². The number of hydrogen-bond acceptors (Lipinski definition) is 7. The highest BCUT2D eigenvalue weighted by molar-refractivity contribution is 5.94. The number of carbonyl (C=O) groups is 3. The summed E-state index contributed by atoms with van der Waals surface area (Å²) in [6.45, 7) is 6.65. The van der Waals surface area contributed by atoms with Crippen molar-refractivity contribution in [2.45, 2.75) is 26.1 Å². The number of hydrogen-bond donors (Lipinski definition) is 0. The third-order valence-electron chi connectivity index (χ3n) is 2.04. The summed E-state index contributed by atoms with van der Waals surface area (Å²) in [6.07, 6.45) is -2.85. The molecule has 2 atom stereocenters. The summed E-state index contributed by atoms with van der Waals surface area (Å²) in [7, 11) is 0. The van der Waals surface area contributed by atoms with Crippen LogP contribution in [0.4, 0.5) is 0 Å². The topological polar surface area (TPSA) is 88.1 Å². The number of rotatable bonds is 4. The zero-order chi connectivity index (χ0) is 13.7. The fourth-order valence-electron chi connectivity index (χ4n) is 1.30. The van der Waals surface area contributed by atoms with Crippen molar-refractivity contribution in [2.24, 2.45) is 0 Å². The molecule has 1 heterocycles. The molecule has 0 radical (unpaired) electrons. The largest absolute Gasteiger partial charge is 0.467 e. The van der Waals surface area contributed by atoms with Gasteiger partial charge in [-0.3, -0.25) is 0 Å². The smallest absolute Gasteiger partial charge is 0.373 e. The van der Waals surface area contributed by atoms with E-state index >= 15 is 0 Å². The van der Waals surface area contributed by atoms with Crippen LogP contribution in [-0.2, 0) is 33.3 Å². The van der Waals surface area contributed by atoms with E-state index in [1.54, 1.807) is 13.8 Å². The van der Waals surface area contributed by atoms with Crippen LogP contribution in [0.15, 0.2) is 12.3 Å². The second-order valence-electron chi connectivity index (χ2n) is 3.29. The maximum Gasteiger partial charge on any atom is 0.373 e. The molecule has 18 heavy (non-hydrogen) atoms. The van der Waals surface area contributed by atoms with E-state index in [-0.39, 0.29) is 19.0 Å². The minimum atomic E-state index is -1.47. The third-order valence-corrected chi connectivity index (χ3v) is 2.04. The summed E-state index contributed by atoms with van der Waals surface area (Å²) >= 11 is 0. The van der Waals surface area contributed by atoms with Gasteiger partial charge in [-0.25, -0.2) is 14.4 Å². The molecule has 1 saturated heterocycles. The molecule has 1 aliphatic rings. The normalized spacial score (nSPS) is 22.8. The Hall–Kier alpha value is -2.05. The minimum absolute atomic E-state index is 0.0867. The number of esters is 3. The predicted molar refractivity (Wildman–Crippen MR) is 57.2 cm³/mol. The van der Waals surface area contributed by atoms with Gasteiger partial charge < -0.3 is 18.9 Å². The molecule has 0 aromatic carbocycles. The molecule has 0 spiro atoms. The van der Waals surface area contributed by atoms with Crippen LogP contribution < -0.4 is 0 Å². The van der Waals surface area contributed by atoms with Crippen LogP contribution in [0, 0.1) is 0 Å². The van der Waals surface area contributed by atoms with Crippen LogP contribution in [0.5, 0.6) is 0 Å². The molecule has 7 nitrogen and oxygen atoms in total. The molecule has 0 aromatic rings. The van der Waals surface area contributed by atoms with Gasteiger partial charge in [0, 0.05) is 0 Å². The standard InChI is InChI=1S/C11H14O7/c1-4-15-10(13)7-8(11(14)16-5-2)18-9(12)6(3)17-7/h7-8H,3-5H2,1-2H3/t7-,8-/m1/s1. The molecular formula is C11H14O7. The predicted octanol–water partition coefficient (Wildman–Crippen LogP) is -0.0631. The second-order valence-corrected chi connectivity index (χ2v) is 3.29. The average molecular weight is 258 g/mol. The Morgan fingerprint density at radius 3 is 2.00 bits per heavy atom. The molecule has 0 amide bonds. The van der Waals surface area contributed by atoms with E-state index in [0.717, 1.165) is 0 Å². The minimum Gasteiger partial charge on any atom is -0.467 e. The van der Waals surface area contributed by atoms with Gasteiger partial charge in [-0.1, -0.05) is 0 Å². The first kappa shape index (κ1) is 14.0. The van der Waals surface area contributed by atoms with Crippen molar-refractivity contribution in [3.63, 3.8) is 0 Å². The SMILES string of the molecule is C=C1O[C@@H](C(=O)OCC)[C@H](C(=O)OCC)OC1=O. The Morgan fingerprint density at radius 2 is 1.56 bits per heavy atom. The first-order valence-electron chi connectivity index (χ1n) is 5.41. The van der Waals surface area contributed by atoms with Gasteiger partial charge in [0.2, 0.25) is 12.2 Å². The highest BCUT2D eigenvalue weighted by atomic mass is 16.7. The van der Waals surface area contributed by atoms with Crippen molar-refractivity contribution in [3.05, 3.63) is 12.3 Å². The lowest BCUT2D eigenvalue weighted by atomic mass is 10.2. The Balaban J connectivity index is 2.86. The molecule has 100 valence electrons. The van der Waals surface area contributed by atoms with Crippen LogP contribution in [0.1, 0.15) is 13.8 Å². The zero-order valence-corrected chi connectivity index (χ0v) is 10.1. The molecule has 0 aliphatic carbocycles. The fourth-order valence-corrected chi connectivity index (χ4v) is 1.30. The highest BCUT2D eigenvalue weighted by Crippen LogP contribution is 2.20. The van der Waals surface area contributed by atoms with Crippen molar-refractivity contribution < 1.29 is 33.3 Å². The molecule has 0 aromatic heterocycles. The van der Waals surface area contributed by atoms with Crippen LogP contribution >= 0.6 is 0 Å². The summed E-state index contributed by atoms with van der Waals surface area (Å²) < 4.78 is 19.1. The molecule has 1 fully saturated rings. The Labute approximate surface area is 104 Å². The van der Waals surface area contributed by atoms with E-state index in [9.17, 15) is 14.4 Å². The summed E-state index contributed by atoms with van der Waals surface area (Å²) in [5.74, 6) is -2.94. The van der Waals surface area contributed by atoms with E-state index < -0.39 is 30.1 Å². The molecule has 0 unspecified atom stereocenters. The molecule has 7 heteroatoms. The zero-order valence-electron chi connectivity index (χ0n) is 10.1. The quantitative estimate of drug-likeness (QED) is 0.396. The fraction of sp³-hybridized carbons (Fsp3) is 0.545. The van der Waals surface area contributed by atoms with Gasteiger partial charge in [0.1, 0.15) is 0 Å². The Kier molecular flexibility index (Phi) is 4.70. The van der Waals surface area contributed by atoms with Crippen LogP contribution in [0.2, 0.25) is 0 Å². The van der Waals surface area contributed by atoms with Gasteiger partial charge in [0.15, 0.2) is 5.76 Å². The van der Waals surface area contributed by atoms with E-state index in [2.05, 4.69) is 11.3 Å². The van der Waals surface area contributed by atoms with Crippen molar-refractivity contribution in [1.29, 1.82) is 0 Å². The number of cyclic esters (lactones) is 1. The van der Waals surface area contributed by atoms with Gasteiger partial charge in [-0.05, 0) is 20.4 Å². The lowest BCUT2D eigenvalue weighted by Crippen LogP contribution is -2.50. The summed E-state index contributed by atoms with van der Waals surface area (Å²) in [4.78, 5) is 34.4. The summed E-state index contributed by atoms with van der Waals surface area (Å²) in [5.41, 5.74) is 0. The van der Waals surface area contributed by atoms with Gasteiger partial charge in [0.25, 0.3) is 0 Å². The lowest BCUT2D eigenvalue weighted by molar-refractivity contribution is -0.195. The van der Waals surface area contributed by atoms with Gasteiger partial charge in [-0.15, -0.1) is 0 Å². The van der Waals surface area contributed by atoms with Crippen molar-refractivity contribution in [1.82, 2.24) is 0 Å². The van der Waals surface area contributed by atoms with Crippen LogP contribution in [-0.4, -0.2) is 43.3 Å². The molecule has 1 aliphatic heterocycles. The monoisotopic (exact) mass is 258 g/mol. The average Bonchev–Trinajstić information content (AvgIpc) is 2.32. The van der Waals surface area contributed by atoms with Crippen LogP contribution in [0.25, 0.3) is 0 Å².